The largest absolute Gasteiger partial charge is 0.243 e. The second kappa shape index (κ2) is 6.72. The van der Waals surface area contributed by atoms with Crippen molar-refractivity contribution in [1.29, 1.82) is 0 Å². The molecule has 2 nitrogen and oxygen atoms in total. The van der Waals surface area contributed by atoms with E-state index in [0.29, 0.717) is 0 Å². The van der Waals surface area contributed by atoms with Crippen LogP contribution in [0.2, 0.25) is 0 Å². The van der Waals surface area contributed by atoms with Gasteiger partial charge in [-0.3, -0.25) is 0 Å². The number of hydrogen-bond donors (Lipinski definition) is 0. The first-order valence-corrected chi connectivity index (χ1v) is 6.70. The average molecular weight is 223 g/mol. The summed E-state index contributed by atoms with van der Waals surface area (Å²) in [5.41, 5.74) is 1.49. The molecule has 1 aromatic rings. The van der Waals surface area contributed by atoms with Crippen molar-refractivity contribution in [2.45, 2.75) is 58.3 Å². The molecular formula is C14H27N2+. The summed E-state index contributed by atoms with van der Waals surface area (Å²) in [6.07, 6.45) is 12.5. The van der Waals surface area contributed by atoms with Gasteiger partial charge in [0, 0.05) is 5.92 Å². The van der Waals surface area contributed by atoms with E-state index in [4.69, 9.17) is 0 Å². The molecule has 0 N–H and O–H groups in total. The quantitative estimate of drug-likeness (QED) is 0.495. The minimum atomic E-state index is 0.739. The van der Waals surface area contributed by atoms with E-state index in [2.05, 4.69) is 49.6 Å². The summed E-state index contributed by atoms with van der Waals surface area (Å²) >= 11 is 0. The molecule has 1 rings (SSSR count). The summed E-state index contributed by atoms with van der Waals surface area (Å²) in [6, 6.07) is 0. The highest BCUT2D eigenvalue weighted by atomic mass is 15.1. The van der Waals surface area contributed by atoms with Crippen molar-refractivity contribution in [3.05, 3.63) is 18.2 Å². The Kier molecular flexibility index (Phi) is 5.58. The fourth-order valence-electron chi connectivity index (χ4n) is 2.44. The Morgan fingerprint density at radius 1 is 1.25 bits per heavy atom. The van der Waals surface area contributed by atoms with Crippen molar-refractivity contribution in [2.24, 2.45) is 14.1 Å². The standard InChI is InChI=1S/C14H27N2/c1-5-7-8-9-10-13(6-2)14-11-15(3)12-16(14)4/h11-13H,5-10H2,1-4H3/q+1. The molecule has 16 heavy (non-hydrogen) atoms. The predicted octanol–water partition coefficient (Wildman–Crippen LogP) is 3.31. The molecule has 0 aromatic carbocycles. The minimum absolute atomic E-state index is 0.739. The van der Waals surface area contributed by atoms with Crippen LogP contribution in [-0.2, 0) is 14.1 Å². The van der Waals surface area contributed by atoms with Crippen LogP contribution in [0.5, 0.6) is 0 Å². The summed E-state index contributed by atoms with van der Waals surface area (Å²) < 4.78 is 4.43. The van der Waals surface area contributed by atoms with Gasteiger partial charge < -0.3 is 0 Å². The maximum absolute atomic E-state index is 2.30. The van der Waals surface area contributed by atoms with Crippen LogP contribution in [0.25, 0.3) is 0 Å². The van der Waals surface area contributed by atoms with Crippen molar-refractivity contribution in [2.75, 3.05) is 0 Å². The molecule has 0 amide bonds. The third-order valence-corrected chi connectivity index (χ3v) is 3.42. The topological polar surface area (TPSA) is 8.81 Å². The maximum Gasteiger partial charge on any atom is 0.243 e. The van der Waals surface area contributed by atoms with Crippen molar-refractivity contribution < 1.29 is 4.57 Å². The molecule has 0 bridgehead atoms. The summed E-state index contributed by atoms with van der Waals surface area (Å²) in [6.45, 7) is 4.58. The molecule has 0 aliphatic carbocycles. The van der Waals surface area contributed by atoms with Crippen LogP contribution in [0.3, 0.4) is 0 Å². The Bertz CT molecular complexity index is 302. The zero-order chi connectivity index (χ0) is 12.0. The molecule has 0 fully saturated rings. The molecule has 1 atom stereocenters. The van der Waals surface area contributed by atoms with Gasteiger partial charge in [0.1, 0.15) is 11.9 Å². The van der Waals surface area contributed by atoms with Crippen molar-refractivity contribution in [3.63, 3.8) is 0 Å². The van der Waals surface area contributed by atoms with Gasteiger partial charge in [-0.05, 0) is 12.8 Å². The Morgan fingerprint density at radius 2 is 2.00 bits per heavy atom. The number of hydrogen-bond acceptors (Lipinski definition) is 0. The van der Waals surface area contributed by atoms with Gasteiger partial charge in [-0.25, -0.2) is 9.13 Å². The molecule has 92 valence electrons. The first-order valence-electron chi connectivity index (χ1n) is 6.70. The zero-order valence-corrected chi connectivity index (χ0v) is 11.4. The van der Waals surface area contributed by atoms with Gasteiger partial charge in [-0.1, -0.05) is 39.5 Å². The zero-order valence-electron chi connectivity index (χ0n) is 11.4. The SMILES string of the molecule is CCCCCCC(CC)c1c[n+](C)cn1C. The lowest BCUT2D eigenvalue weighted by molar-refractivity contribution is -0.671. The molecule has 2 heteroatoms. The van der Waals surface area contributed by atoms with Gasteiger partial charge in [0.25, 0.3) is 0 Å². The van der Waals surface area contributed by atoms with Gasteiger partial charge in [-0.15, -0.1) is 0 Å². The fourth-order valence-corrected chi connectivity index (χ4v) is 2.44. The molecule has 0 aliphatic heterocycles. The second-order valence-electron chi connectivity index (χ2n) is 4.90. The van der Waals surface area contributed by atoms with Crippen LogP contribution < -0.4 is 4.57 Å². The Labute approximate surface area is 100 Å². The van der Waals surface area contributed by atoms with E-state index in [0.717, 1.165) is 5.92 Å². The molecule has 1 unspecified atom stereocenters. The number of rotatable bonds is 7. The highest BCUT2D eigenvalue weighted by molar-refractivity contribution is 5.02. The van der Waals surface area contributed by atoms with Gasteiger partial charge in [0.15, 0.2) is 0 Å². The molecule has 0 spiro atoms. The summed E-state index contributed by atoms with van der Waals surface area (Å²) in [4.78, 5) is 0. The lowest BCUT2D eigenvalue weighted by Gasteiger charge is -2.11. The van der Waals surface area contributed by atoms with E-state index >= 15 is 0 Å². The number of aryl methyl sites for hydroxylation is 2. The molecule has 0 radical (unpaired) electrons. The van der Waals surface area contributed by atoms with Crippen LogP contribution in [0.15, 0.2) is 12.5 Å². The van der Waals surface area contributed by atoms with E-state index in [-0.39, 0.29) is 0 Å². The lowest BCUT2D eigenvalue weighted by atomic mass is 9.95. The first kappa shape index (κ1) is 13.3. The van der Waals surface area contributed by atoms with Crippen LogP contribution in [0.1, 0.15) is 64.0 Å². The monoisotopic (exact) mass is 223 g/mol. The van der Waals surface area contributed by atoms with E-state index in [1.165, 1.54) is 44.2 Å². The minimum Gasteiger partial charge on any atom is -0.239 e. The fraction of sp³-hybridized carbons (Fsp3) is 0.786. The van der Waals surface area contributed by atoms with E-state index in [1.807, 2.05) is 0 Å². The number of unbranched alkanes of at least 4 members (excludes halogenated alkanes) is 3. The molecule has 0 saturated carbocycles. The van der Waals surface area contributed by atoms with Gasteiger partial charge in [-0.2, -0.15) is 0 Å². The highest BCUT2D eigenvalue weighted by Crippen LogP contribution is 2.24. The van der Waals surface area contributed by atoms with Crippen LogP contribution in [0, 0.1) is 0 Å². The van der Waals surface area contributed by atoms with Crippen LogP contribution in [0.4, 0.5) is 0 Å². The summed E-state index contributed by atoms with van der Waals surface area (Å²) in [5.74, 6) is 0.739. The maximum atomic E-state index is 2.30. The molecule has 1 aromatic heterocycles. The Morgan fingerprint density at radius 3 is 2.50 bits per heavy atom. The number of nitrogens with zero attached hydrogens (tertiary/aromatic N) is 2. The van der Waals surface area contributed by atoms with Gasteiger partial charge >= 0.3 is 0 Å². The van der Waals surface area contributed by atoms with E-state index in [9.17, 15) is 0 Å². The predicted molar refractivity (Wildman–Crippen MR) is 68.4 cm³/mol. The molecular weight excluding hydrogens is 196 g/mol. The van der Waals surface area contributed by atoms with Crippen molar-refractivity contribution >= 4 is 0 Å². The molecule has 1 heterocycles. The first-order chi connectivity index (χ1) is 7.69. The normalized spacial score (nSPS) is 13.0. The van der Waals surface area contributed by atoms with Crippen molar-refractivity contribution in [1.82, 2.24) is 4.57 Å². The summed E-state index contributed by atoms with van der Waals surface area (Å²) in [5, 5.41) is 0. The average Bonchev–Trinajstić information content (AvgIpc) is 2.58. The van der Waals surface area contributed by atoms with Crippen LogP contribution >= 0.6 is 0 Å². The summed E-state index contributed by atoms with van der Waals surface area (Å²) in [7, 11) is 4.26. The van der Waals surface area contributed by atoms with Crippen molar-refractivity contribution in [3.8, 4) is 0 Å². The molecule has 0 saturated heterocycles. The van der Waals surface area contributed by atoms with Crippen LogP contribution in [-0.4, -0.2) is 4.57 Å². The number of imidazole rings is 1. The third kappa shape index (κ3) is 3.66. The third-order valence-electron chi connectivity index (χ3n) is 3.42. The van der Waals surface area contributed by atoms with E-state index < -0.39 is 0 Å². The Hall–Kier alpha value is -0.790. The van der Waals surface area contributed by atoms with Gasteiger partial charge in [0.2, 0.25) is 6.33 Å². The highest BCUT2D eigenvalue weighted by Gasteiger charge is 2.18. The smallest absolute Gasteiger partial charge is 0.239 e. The number of aromatic nitrogens is 2. The molecule has 0 aliphatic rings. The van der Waals surface area contributed by atoms with E-state index in [1.54, 1.807) is 0 Å². The lowest BCUT2D eigenvalue weighted by Crippen LogP contribution is -2.23. The van der Waals surface area contributed by atoms with Gasteiger partial charge in [0.05, 0.1) is 14.1 Å². The Balaban J connectivity index is 2.50. The second-order valence-corrected chi connectivity index (χ2v) is 4.90.